The highest BCUT2D eigenvalue weighted by Gasteiger charge is 2.49. The summed E-state index contributed by atoms with van der Waals surface area (Å²) in [6.45, 7) is 7.51. The van der Waals surface area contributed by atoms with Crippen LogP contribution in [0.3, 0.4) is 0 Å². The number of hydrogen-bond acceptors (Lipinski definition) is 6. The van der Waals surface area contributed by atoms with Crippen molar-refractivity contribution in [2.24, 2.45) is 11.8 Å². The minimum Gasteiger partial charge on any atom is -0.361 e. The molecule has 0 N–H and O–H groups in total. The first-order chi connectivity index (χ1) is 15.8. The fourth-order valence-corrected chi connectivity index (χ4v) is 5.56. The highest BCUT2D eigenvalue weighted by Crippen LogP contribution is 2.51. The standard InChI is InChI=1S/C26H23FN4O2/c1-13-19-10-9-18-22(17-7-5-6-8-20(17)27)29-25(21-14(2)31-33-15(21)3)30-24(18)26(19,4)11-16(12-28)23(13)32/h5-8,11,13,19H,9-10H2,1-4H3/t13-,19-,26-/m1/s1. The number of ketones is 1. The largest absolute Gasteiger partial charge is 0.361 e. The molecule has 0 radical (unpaired) electrons. The van der Waals surface area contributed by atoms with Gasteiger partial charge in [-0.1, -0.05) is 37.2 Å². The maximum atomic E-state index is 14.9. The van der Waals surface area contributed by atoms with Crippen LogP contribution in [-0.2, 0) is 16.6 Å². The molecule has 0 spiro atoms. The van der Waals surface area contributed by atoms with Crippen molar-refractivity contribution in [1.29, 1.82) is 5.26 Å². The highest BCUT2D eigenvalue weighted by atomic mass is 19.1. The molecule has 0 fully saturated rings. The summed E-state index contributed by atoms with van der Waals surface area (Å²) < 4.78 is 20.3. The van der Waals surface area contributed by atoms with E-state index in [1.807, 2.05) is 20.8 Å². The Morgan fingerprint density at radius 3 is 2.67 bits per heavy atom. The number of fused-ring (bicyclic) bond motifs is 3. The zero-order valence-electron chi connectivity index (χ0n) is 18.9. The summed E-state index contributed by atoms with van der Waals surface area (Å²) in [6.07, 6.45) is 3.10. The van der Waals surface area contributed by atoms with Crippen molar-refractivity contribution in [3.8, 4) is 28.7 Å². The van der Waals surface area contributed by atoms with Crippen LogP contribution in [0.4, 0.5) is 4.39 Å². The van der Waals surface area contributed by atoms with Crippen LogP contribution < -0.4 is 0 Å². The monoisotopic (exact) mass is 442 g/mol. The van der Waals surface area contributed by atoms with E-state index in [2.05, 4.69) is 11.2 Å². The number of aryl methyl sites for hydroxylation is 2. The predicted octanol–water partition coefficient (Wildman–Crippen LogP) is 5.04. The second-order valence-corrected chi connectivity index (χ2v) is 9.15. The third kappa shape index (κ3) is 3.05. The molecule has 2 heterocycles. The minimum atomic E-state index is -0.664. The van der Waals surface area contributed by atoms with Crippen molar-refractivity contribution >= 4 is 5.78 Å². The number of hydrogen-bond donors (Lipinski definition) is 0. The molecule has 0 amide bonds. The van der Waals surface area contributed by atoms with Crippen molar-refractivity contribution in [3.63, 3.8) is 0 Å². The van der Waals surface area contributed by atoms with Gasteiger partial charge in [0.15, 0.2) is 11.6 Å². The molecule has 2 aliphatic carbocycles. The summed E-state index contributed by atoms with van der Waals surface area (Å²) in [5, 5.41) is 13.7. The third-order valence-electron chi connectivity index (χ3n) is 7.23. The molecule has 7 heteroatoms. The predicted molar refractivity (Wildman–Crippen MR) is 119 cm³/mol. The molecule has 0 saturated carbocycles. The number of rotatable bonds is 2. The fourth-order valence-electron chi connectivity index (χ4n) is 5.56. The summed E-state index contributed by atoms with van der Waals surface area (Å²) in [5.41, 5.74) is 3.32. The molecular formula is C26H23FN4O2. The van der Waals surface area contributed by atoms with E-state index in [9.17, 15) is 14.4 Å². The van der Waals surface area contributed by atoms with E-state index >= 15 is 0 Å². The Morgan fingerprint density at radius 1 is 1.24 bits per heavy atom. The molecule has 166 valence electrons. The number of benzene rings is 1. The van der Waals surface area contributed by atoms with Gasteiger partial charge in [0.05, 0.1) is 28.2 Å². The van der Waals surface area contributed by atoms with E-state index in [4.69, 9.17) is 14.5 Å². The Labute approximate surface area is 191 Å². The first kappa shape index (κ1) is 21.2. The van der Waals surface area contributed by atoms with E-state index < -0.39 is 5.41 Å². The van der Waals surface area contributed by atoms with E-state index in [0.717, 1.165) is 17.7 Å². The van der Waals surface area contributed by atoms with Gasteiger partial charge >= 0.3 is 0 Å². The lowest BCUT2D eigenvalue weighted by Crippen LogP contribution is -2.46. The third-order valence-corrected chi connectivity index (χ3v) is 7.23. The lowest BCUT2D eigenvalue weighted by atomic mass is 9.57. The van der Waals surface area contributed by atoms with Crippen LogP contribution in [0.2, 0.25) is 0 Å². The van der Waals surface area contributed by atoms with Crippen LogP contribution in [0, 0.1) is 42.8 Å². The molecule has 5 rings (SSSR count). The smallest absolute Gasteiger partial charge is 0.176 e. The SMILES string of the molecule is Cc1noc(C)c1-c1nc(-c2ccccc2F)c2c(n1)[C@]1(C)C=C(C#N)C(=O)[C@H](C)[C@H]1CC2. The Kier molecular flexibility index (Phi) is 4.78. The first-order valence-corrected chi connectivity index (χ1v) is 11.0. The van der Waals surface area contributed by atoms with Gasteiger partial charge in [-0.15, -0.1) is 0 Å². The van der Waals surface area contributed by atoms with Crippen LogP contribution in [-0.4, -0.2) is 20.9 Å². The molecule has 1 aromatic carbocycles. The number of carbonyl (C=O) groups excluding carboxylic acids is 1. The van der Waals surface area contributed by atoms with Gasteiger partial charge in [-0.3, -0.25) is 4.79 Å². The van der Waals surface area contributed by atoms with Gasteiger partial charge < -0.3 is 4.52 Å². The molecule has 6 nitrogen and oxygen atoms in total. The van der Waals surface area contributed by atoms with Gasteiger partial charge in [0.2, 0.25) is 0 Å². The van der Waals surface area contributed by atoms with Gasteiger partial charge in [0.1, 0.15) is 17.6 Å². The summed E-state index contributed by atoms with van der Waals surface area (Å²) in [4.78, 5) is 22.5. The van der Waals surface area contributed by atoms with Gasteiger partial charge in [-0.2, -0.15) is 5.26 Å². The number of aromatic nitrogens is 3. The molecule has 3 atom stereocenters. The van der Waals surface area contributed by atoms with Crippen molar-refractivity contribution in [1.82, 2.24) is 15.1 Å². The zero-order valence-corrected chi connectivity index (χ0v) is 18.9. The molecule has 2 aliphatic rings. The molecule has 0 aliphatic heterocycles. The van der Waals surface area contributed by atoms with Crippen molar-refractivity contribution < 1.29 is 13.7 Å². The lowest BCUT2D eigenvalue weighted by Gasteiger charge is -2.45. The molecule has 0 bridgehead atoms. The molecule has 0 unspecified atom stereocenters. The fraction of sp³-hybridized carbons (Fsp3) is 0.346. The quantitative estimate of drug-likeness (QED) is 0.552. The normalized spacial score (nSPS) is 24.0. The van der Waals surface area contributed by atoms with E-state index in [0.29, 0.717) is 40.5 Å². The lowest BCUT2D eigenvalue weighted by molar-refractivity contribution is -0.121. The van der Waals surface area contributed by atoms with E-state index in [-0.39, 0.29) is 29.0 Å². The second kappa shape index (κ2) is 7.45. The van der Waals surface area contributed by atoms with E-state index in [1.165, 1.54) is 6.07 Å². The average Bonchev–Trinajstić information content (AvgIpc) is 3.14. The van der Waals surface area contributed by atoms with Gasteiger partial charge in [-0.05, 0) is 44.7 Å². The minimum absolute atomic E-state index is 0.0181. The first-order valence-electron chi connectivity index (χ1n) is 11.0. The van der Waals surface area contributed by atoms with Crippen LogP contribution in [0.1, 0.15) is 43.0 Å². The number of allylic oxidation sites excluding steroid dienone is 2. The Morgan fingerprint density at radius 2 is 2.00 bits per heavy atom. The van der Waals surface area contributed by atoms with Crippen LogP contribution in [0.15, 0.2) is 40.4 Å². The van der Waals surface area contributed by atoms with Gasteiger partial charge in [-0.25, -0.2) is 14.4 Å². The van der Waals surface area contributed by atoms with E-state index in [1.54, 1.807) is 31.2 Å². The average molecular weight is 442 g/mol. The summed E-state index contributed by atoms with van der Waals surface area (Å²) in [5.74, 6) is 0.160. The summed E-state index contributed by atoms with van der Waals surface area (Å²) in [7, 11) is 0. The highest BCUT2D eigenvalue weighted by molar-refractivity contribution is 6.02. The van der Waals surface area contributed by atoms with Gasteiger partial charge in [0.25, 0.3) is 0 Å². The number of carbonyl (C=O) groups is 1. The Balaban J connectivity index is 1.86. The molecule has 3 aromatic rings. The summed E-state index contributed by atoms with van der Waals surface area (Å²) in [6, 6.07) is 8.64. The van der Waals surface area contributed by atoms with Crippen LogP contribution in [0.5, 0.6) is 0 Å². The van der Waals surface area contributed by atoms with Crippen LogP contribution >= 0.6 is 0 Å². The number of halogens is 1. The number of nitrogens with zero attached hydrogens (tertiary/aromatic N) is 4. The molecular weight excluding hydrogens is 419 g/mol. The summed E-state index contributed by atoms with van der Waals surface area (Å²) >= 11 is 0. The van der Waals surface area contributed by atoms with Crippen LogP contribution in [0.25, 0.3) is 22.6 Å². The van der Waals surface area contributed by atoms with Crippen molar-refractivity contribution in [2.75, 3.05) is 0 Å². The maximum Gasteiger partial charge on any atom is 0.176 e. The molecule has 2 aromatic heterocycles. The molecule has 33 heavy (non-hydrogen) atoms. The topological polar surface area (TPSA) is 92.7 Å². The zero-order chi connectivity index (χ0) is 23.5. The second-order valence-electron chi connectivity index (χ2n) is 9.15. The van der Waals surface area contributed by atoms with Crippen molar-refractivity contribution in [3.05, 3.63) is 64.4 Å². The Bertz CT molecular complexity index is 1360. The number of Topliss-reactive ketones (excluding diaryl/α,β-unsaturated/α-hetero) is 1. The number of nitriles is 1. The Hall–Kier alpha value is -3.66. The maximum absolute atomic E-state index is 14.9. The molecule has 0 saturated heterocycles. The van der Waals surface area contributed by atoms with Gasteiger partial charge in [0, 0.05) is 22.5 Å². The van der Waals surface area contributed by atoms with Crippen molar-refractivity contribution in [2.45, 2.75) is 46.0 Å².